The Bertz CT molecular complexity index is 1290. The maximum Gasteiger partial charge on any atom is 0.416 e. The van der Waals surface area contributed by atoms with Gasteiger partial charge in [0, 0.05) is 33.7 Å². The van der Waals surface area contributed by atoms with Gasteiger partial charge in [-0.05, 0) is 55.7 Å². The van der Waals surface area contributed by atoms with E-state index >= 15 is 0 Å². The molecule has 1 aromatic heterocycles. The lowest BCUT2D eigenvalue weighted by molar-refractivity contribution is -0.143. The van der Waals surface area contributed by atoms with E-state index in [9.17, 15) is 35.3 Å². The molecule has 0 radical (unpaired) electrons. The molecule has 0 aliphatic rings. The summed E-state index contributed by atoms with van der Waals surface area (Å²) in [7, 11) is -1.79. The minimum Gasteiger partial charge on any atom is -0.450 e. The monoisotopic (exact) mass is 560 g/mol. The lowest BCUT2D eigenvalue weighted by atomic mass is 10.0. The number of para-hydroxylation sites is 1. The lowest BCUT2D eigenvalue weighted by Crippen LogP contribution is -2.38. The van der Waals surface area contributed by atoms with Crippen molar-refractivity contribution in [1.82, 2.24) is 9.88 Å². The molecular weight excluding hydrogens is 534 g/mol. The van der Waals surface area contributed by atoms with Crippen molar-refractivity contribution in [2.24, 2.45) is 0 Å². The predicted molar refractivity (Wildman–Crippen MR) is 132 cm³/mol. The molecule has 0 saturated carbocycles. The summed E-state index contributed by atoms with van der Waals surface area (Å²) in [5.74, 6) is 0.114. The lowest BCUT2D eigenvalue weighted by Gasteiger charge is -2.31. The van der Waals surface area contributed by atoms with E-state index in [0.29, 0.717) is 35.0 Å². The maximum absolute atomic E-state index is 13.5. The van der Waals surface area contributed by atoms with Crippen molar-refractivity contribution in [3.05, 3.63) is 76.5 Å². The number of halogens is 6. The zero-order chi connectivity index (χ0) is 28.3. The van der Waals surface area contributed by atoms with E-state index in [4.69, 9.17) is 4.74 Å². The van der Waals surface area contributed by atoms with E-state index in [2.05, 4.69) is 4.98 Å². The summed E-state index contributed by atoms with van der Waals surface area (Å²) >= 11 is 0. The SMILES string of the molecule is CCCS(=O)C(c1cnc2c(C)cccc2c1)N(Cc1cc(C(F)(F)F)cc(C(F)(F)F)c1)C(=O)OCC. The van der Waals surface area contributed by atoms with E-state index in [1.165, 1.54) is 13.1 Å². The number of carbonyl (C=O) groups excluding carboxylic acids is 1. The molecule has 0 saturated heterocycles. The third-order valence-corrected chi connectivity index (χ3v) is 7.49. The summed E-state index contributed by atoms with van der Waals surface area (Å²) in [5, 5.41) is -0.571. The van der Waals surface area contributed by atoms with Crippen molar-refractivity contribution < 1.29 is 40.1 Å². The van der Waals surface area contributed by atoms with Gasteiger partial charge in [0.2, 0.25) is 0 Å². The average Bonchev–Trinajstić information content (AvgIpc) is 2.83. The Hall–Kier alpha value is -3.15. The van der Waals surface area contributed by atoms with Gasteiger partial charge >= 0.3 is 18.4 Å². The first-order chi connectivity index (χ1) is 17.8. The summed E-state index contributed by atoms with van der Waals surface area (Å²) < 4.78 is 99.2. The van der Waals surface area contributed by atoms with Crippen LogP contribution < -0.4 is 0 Å². The zero-order valence-corrected chi connectivity index (χ0v) is 21.6. The van der Waals surface area contributed by atoms with Crippen LogP contribution in [0.25, 0.3) is 10.9 Å². The summed E-state index contributed by atoms with van der Waals surface area (Å²) in [6, 6.07) is 8.15. The molecular formula is C26H26F6N2O3S. The van der Waals surface area contributed by atoms with E-state index in [1.54, 1.807) is 25.1 Å². The van der Waals surface area contributed by atoms with Crippen LogP contribution in [0.1, 0.15) is 53.5 Å². The Morgan fingerprint density at radius 3 is 2.21 bits per heavy atom. The molecule has 3 rings (SSSR count). The van der Waals surface area contributed by atoms with Gasteiger partial charge in [0.1, 0.15) is 5.37 Å². The molecule has 1 heterocycles. The highest BCUT2D eigenvalue weighted by atomic mass is 32.2. The van der Waals surface area contributed by atoms with Gasteiger partial charge in [-0.3, -0.25) is 14.1 Å². The number of pyridine rings is 1. The van der Waals surface area contributed by atoms with Crippen LogP contribution in [-0.4, -0.2) is 32.5 Å². The summed E-state index contributed by atoms with van der Waals surface area (Å²) in [4.78, 5) is 18.4. The van der Waals surface area contributed by atoms with E-state index in [-0.39, 0.29) is 18.4 Å². The van der Waals surface area contributed by atoms with Crippen LogP contribution in [0, 0.1) is 6.92 Å². The molecule has 1 amide bonds. The fraction of sp³-hybridized carbons (Fsp3) is 0.385. The average molecular weight is 561 g/mol. The minimum atomic E-state index is -5.06. The van der Waals surface area contributed by atoms with Crippen molar-refractivity contribution in [1.29, 1.82) is 0 Å². The highest BCUT2D eigenvalue weighted by molar-refractivity contribution is 7.85. The Labute approximate surface area is 218 Å². The minimum absolute atomic E-state index is 0.0144. The standard InChI is InChI=1S/C26H26F6N2O3S/c1-4-9-38(36)23(19-12-18-8-6-7-16(3)22(18)33-14-19)34(24(35)37-5-2)15-17-10-20(25(27,28)29)13-21(11-17)26(30,31)32/h6-8,10-14,23H,4-5,9,15H2,1-3H3. The number of hydrogen-bond donors (Lipinski definition) is 0. The first-order valence-corrected chi connectivity index (χ1v) is 13.1. The number of rotatable bonds is 8. The number of ether oxygens (including phenoxy) is 1. The third kappa shape index (κ3) is 6.83. The number of hydrogen-bond acceptors (Lipinski definition) is 4. The molecule has 0 spiro atoms. The van der Waals surface area contributed by atoms with Gasteiger partial charge in [0.05, 0.1) is 29.8 Å². The van der Waals surface area contributed by atoms with Gasteiger partial charge in [-0.2, -0.15) is 26.3 Å². The molecule has 0 bridgehead atoms. The van der Waals surface area contributed by atoms with Gasteiger partial charge in [-0.25, -0.2) is 4.79 Å². The molecule has 206 valence electrons. The number of fused-ring (bicyclic) bond motifs is 1. The smallest absolute Gasteiger partial charge is 0.416 e. The summed E-state index contributed by atoms with van der Waals surface area (Å²) in [6.45, 7) is 4.28. The third-order valence-electron chi connectivity index (χ3n) is 5.66. The number of aryl methyl sites for hydroxylation is 1. The van der Waals surface area contributed by atoms with Crippen LogP contribution in [0.3, 0.4) is 0 Å². The summed E-state index contributed by atoms with van der Waals surface area (Å²) in [6.07, 6.45) is -9.29. The number of carbonyl (C=O) groups is 1. The largest absolute Gasteiger partial charge is 0.450 e. The summed E-state index contributed by atoms with van der Waals surface area (Å²) in [5.41, 5.74) is -1.63. The number of benzene rings is 2. The first-order valence-electron chi connectivity index (χ1n) is 11.7. The van der Waals surface area contributed by atoms with Crippen molar-refractivity contribution in [3.8, 4) is 0 Å². The van der Waals surface area contributed by atoms with E-state index in [0.717, 1.165) is 10.5 Å². The zero-order valence-electron chi connectivity index (χ0n) is 20.8. The van der Waals surface area contributed by atoms with Crippen LogP contribution in [0.4, 0.5) is 31.1 Å². The van der Waals surface area contributed by atoms with Crippen LogP contribution in [0.5, 0.6) is 0 Å². The fourth-order valence-corrected chi connectivity index (χ4v) is 5.51. The quantitative estimate of drug-likeness (QED) is 0.270. The van der Waals surface area contributed by atoms with Gasteiger partial charge in [-0.15, -0.1) is 0 Å². The molecule has 0 aliphatic carbocycles. The molecule has 0 aliphatic heterocycles. The van der Waals surface area contributed by atoms with Crippen molar-refractivity contribution in [2.75, 3.05) is 12.4 Å². The maximum atomic E-state index is 13.5. The molecule has 12 heteroatoms. The highest BCUT2D eigenvalue weighted by Gasteiger charge is 2.38. The van der Waals surface area contributed by atoms with E-state index < -0.39 is 57.9 Å². The molecule has 2 aromatic carbocycles. The predicted octanol–water partition coefficient (Wildman–Crippen LogP) is 7.40. The van der Waals surface area contributed by atoms with Crippen molar-refractivity contribution >= 4 is 27.8 Å². The van der Waals surface area contributed by atoms with Crippen LogP contribution in [-0.2, 0) is 34.4 Å². The number of nitrogens with zero attached hydrogens (tertiary/aromatic N) is 2. The second-order valence-electron chi connectivity index (χ2n) is 8.59. The van der Waals surface area contributed by atoms with Crippen molar-refractivity contribution in [2.45, 2.75) is 51.5 Å². The van der Waals surface area contributed by atoms with Gasteiger partial charge in [0.15, 0.2) is 0 Å². The van der Waals surface area contributed by atoms with Gasteiger partial charge in [0.25, 0.3) is 0 Å². The molecule has 5 nitrogen and oxygen atoms in total. The molecule has 0 N–H and O–H groups in total. The Kier molecular flexibility index (Phi) is 9.06. The van der Waals surface area contributed by atoms with Gasteiger partial charge < -0.3 is 4.74 Å². The Morgan fingerprint density at radius 1 is 1.03 bits per heavy atom. The van der Waals surface area contributed by atoms with Gasteiger partial charge in [-0.1, -0.05) is 25.1 Å². The number of alkyl halides is 6. The Morgan fingerprint density at radius 2 is 1.66 bits per heavy atom. The second-order valence-corrected chi connectivity index (χ2v) is 10.2. The molecule has 0 fully saturated rings. The number of amides is 1. The van der Waals surface area contributed by atoms with Crippen LogP contribution in [0.2, 0.25) is 0 Å². The highest BCUT2D eigenvalue weighted by Crippen LogP contribution is 2.38. The first kappa shape index (κ1) is 29.4. The van der Waals surface area contributed by atoms with Crippen LogP contribution in [0.15, 0.2) is 48.7 Å². The molecule has 2 unspecified atom stereocenters. The topological polar surface area (TPSA) is 59.5 Å². The van der Waals surface area contributed by atoms with Crippen LogP contribution >= 0.6 is 0 Å². The number of aromatic nitrogens is 1. The molecule has 3 aromatic rings. The van der Waals surface area contributed by atoms with E-state index in [1.807, 2.05) is 13.0 Å². The van der Waals surface area contributed by atoms with Crippen molar-refractivity contribution in [3.63, 3.8) is 0 Å². The second kappa shape index (κ2) is 11.7. The fourth-order valence-electron chi connectivity index (χ4n) is 4.01. The normalized spacial score (nSPS) is 13.8. The Balaban J connectivity index is 2.19. The molecule has 38 heavy (non-hydrogen) atoms. The molecule has 2 atom stereocenters.